The van der Waals surface area contributed by atoms with Crippen LogP contribution in [0.15, 0.2) is 79.3 Å². The first-order valence-electron chi connectivity index (χ1n) is 15.2. The summed E-state index contributed by atoms with van der Waals surface area (Å²) in [5.74, 6) is 1.36. The molecule has 4 aromatic rings. The highest BCUT2D eigenvalue weighted by atomic mass is 16.2. The van der Waals surface area contributed by atoms with Gasteiger partial charge in [0.1, 0.15) is 17.8 Å². The highest BCUT2D eigenvalue weighted by molar-refractivity contribution is 6.05. The summed E-state index contributed by atoms with van der Waals surface area (Å²) in [4.78, 5) is 39.0. The van der Waals surface area contributed by atoms with Gasteiger partial charge in [0.15, 0.2) is 0 Å². The number of hydrogen-bond donors (Lipinski definition) is 2. The van der Waals surface area contributed by atoms with E-state index in [1.165, 1.54) is 19.2 Å². The van der Waals surface area contributed by atoms with Gasteiger partial charge in [-0.2, -0.15) is 0 Å². The zero-order valence-electron chi connectivity index (χ0n) is 24.4. The minimum Gasteiger partial charge on any atom is -0.383 e. The number of fused-ring (bicyclic) bond motifs is 2. The van der Waals surface area contributed by atoms with Gasteiger partial charge in [-0.1, -0.05) is 36.4 Å². The Morgan fingerprint density at radius 3 is 2.44 bits per heavy atom. The number of benzene rings is 2. The fourth-order valence-corrected chi connectivity index (χ4v) is 6.90. The molecule has 2 unspecified atom stereocenters. The first-order valence-corrected chi connectivity index (χ1v) is 15.2. The number of nitrogens with one attached hydrogen (secondary N) is 1. The third kappa shape index (κ3) is 5.52. The van der Waals surface area contributed by atoms with E-state index in [-0.39, 0.29) is 17.9 Å². The summed E-state index contributed by atoms with van der Waals surface area (Å²) < 4.78 is 2.26. The largest absolute Gasteiger partial charge is 0.383 e. The Bertz CT molecular complexity index is 1660. The van der Waals surface area contributed by atoms with Crippen molar-refractivity contribution in [3.63, 3.8) is 0 Å². The minimum absolute atomic E-state index is 0.130. The van der Waals surface area contributed by atoms with Gasteiger partial charge in [0.05, 0.1) is 5.39 Å². The van der Waals surface area contributed by atoms with E-state index in [0.717, 1.165) is 60.3 Å². The molecular formula is C34H37N7O2. The van der Waals surface area contributed by atoms with Gasteiger partial charge in [-0.05, 0) is 74.4 Å². The van der Waals surface area contributed by atoms with Gasteiger partial charge in [-0.3, -0.25) is 14.5 Å². The quantitative estimate of drug-likeness (QED) is 0.287. The van der Waals surface area contributed by atoms with Gasteiger partial charge in [0.25, 0.3) is 5.91 Å². The lowest BCUT2D eigenvalue weighted by molar-refractivity contribution is -0.125. The molecule has 9 heteroatoms. The fraction of sp³-hybridized carbons (Fsp3) is 0.353. The zero-order valence-corrected chi connectivity index (χ0v) is 24.4. The maximum atomic E-state index is 12.9. The number of nitrogens with two attached hydrogens (primary N) is 1. The number of rotatable bonds is 8. The van der Waals surface area contributed by atoms with Crippen LogP contribution in [0.2, 0.25) is 0 Å². The van der Waals surface area contributed by atoms with Gasteiger partial charge in [0.2, 0.25) is 5.91 Å². The van der Waals surface area contributed by atoms with Crippen LogP contribution in [0, 0.1) is 11.8 Å². The molecule has 0 spiro atoms. The summed E-state index contributed by atoms with van der Waals surface area (Å²) in [5.41, 5.74) is 10.5. The Kier molecular flexibility index (Phi) is 7.18. The van der Waals surface area contributed by atoms with Crippen LogP contribution in [0.5, 0.6) is 0 Å². The number of amides is 2. The lowest BCUT2D eigenvalue weighted by Gasteiger charge is -2.19. The summed E-state index contributed by atoms with van der Waals surface area (Å²) in [6.07, 6.45) is 12.0. The standard InChI is InChI=1S/C34H37N7O2/c1-39(27-13-14-27)15-5-8-30(42)40-18-24-16-28(17-25(24)19-40)41-20-29(31-32(35)36-21-37-33(31)41)22-9-11-23(12-10-22)34(43)38-26-6-3-2-4-7-26/h2-12,20-21,24-25,27-28H,13-19H2,1H3,(H,38,43)(H2,35,36,37)/b8-5+. The summed E-state index contributed by atoms with van der Waals surface area (Å²) >= 11 is 0. The van der Waals surface area contributed by atoms with E-state index in [1.54, 1.807) is 6.08 Å². The van der Waals surface area contributed by atoms with Crippen LogP contribution in [0.3, 0.4) is 0 Å². The third-order valence-corrected chi connectivity index (χ3v) is 9.38. The molecule has 3 aliphatic rings. The molecule has 0 radical (unpaired) electrons. The zero-order chi connectivity index (χ0) is 29.5. The van der Waals surface area contributed by atoms with Crippen LogP contribution in [0.1, 0.15) is 42.1 Å². The van der Waals surface area contributed by atoms with Gasteiger partial charge < -0.3 is 20.5 Å². The van der Waals surface area contributed by atoms with Crippen molar-refractivity contribution in [1.29, 1.82) is 0 Å². The van der Waals surface area contributed by atoms with Crippen molar-refractivity contribution < 1.29 is 9.59 Å². The van der Waals surface area contributed by atoms with Crippen molar-refractivity contribution in [2.24, 2.45) is 11.8 Å². The average Bonchev–Trinajstić information content (AvgIpc) is 3.51. The number of aromatic nitrogens is 3. The molecule has 2 amide bonds. The van der Waals surface area contributed by atoms with E-state index in [2.05, 4.69) is 38.0 Å². The number of carbonyl (C=O) groups is 2. The maximum absolute atomic E-state index is 12.9. The summed E-state index contributed by atoms with van der Waals surface area (Å²) in [6, 6.07) is 18.0. The van der Waals surface area contributed by atoms with Crippen molar-refractivity contribution >= 4 is 34.4 Å². The lowest BCUT2D eigenvalue weighted by Crippen LogP contribution is -2.29. The number of likely N-dealkylation sites (tertiary alicyclic amines) is 1. The number of anilines is 2. The Morgan fingerprint density at radius 1 is 1.02 bits per heavy atom. The Labute approximate surface area is 251 Å². The molecule has 2 atom stereocenters. The third-order valence-electron chi connectivity index (χ3n) is 9.38. The minimum atomic E-state index is -0.158. The van der Waals surface area contributed by atoms with Crippen LogP contribution in [0.4, 0.5) is 11.5 Å². The van der Waals surface area contributed by atoms with Crippen LogP contribution in [0.25, 0.3) is 22.2 Å². The topological polar surface area (TPSA) is 109 Å². The highest BCUT2D eigenvalue weighted by Gasteiger charge is 2.43. The lowest BCUT2D eigenvalue weighted by atomic mass is 10.0. The molecule has 3 N–H and O–H groups in total. The van der Waals surface area contributed by atoms with Crippen molar-refractivity contribution in [1.82, 2.24) is 24.3 Å². The molecule has 2 aliphatic carbocycles. The molecule has 7 rings (SSSR count). The molecule has 2 aromatic carbocycles. The van der Waals surface area contributed by atoms with Gasteiger partial charge in [-0.25, -0.2) is 9.97 Å². The molecule has 43 heavy (non-hydrogen) atoms. The van der Waals surface area contributed by atoms with Crippen LogP contribution < -0.4 is 11.1 Å². The van der Waals surface area contributed by atoms with E-state index < -0.39 is 0 Å². The Hall–Kier alpha value is -4.50. The van der Waals surface area contributed by atoms with Crippen molar-refractivity contribution in [3.05, 3.63) is 84.8 Å². The molecule has 0 bridgehead atoms. The van der Waals surface area contributed by atoms with E-state index >= 15 is 0 Å². The number of para-hydroxylation sites is 1. The molecular weight excluding hydrogens is 538 g/mol. The van der Waals surface area contributed by atoms with E-state index in [0.29, 0.717) is 29.3 Å². The molecule has 9 nitrogen and oxygen atoms in total. The fourth-order valence-electron chi connectivity index (χ4n) is 6.90. The summed E-state index contributed by atoms with van der Waals surface area (Å²) in [6.45, 7) is 2.44. The molecule has 3 heterocycles. The number of hydrogen-bond acceptors (Lipinski definition) is 6. The SMILES string of the molecule is CN(C/C=C/C(=O)N1CC2CC(n3cc(-c4ccc(C(=O)Nc5ccccc5)cc4)c4c(N)ncnc43)CC2C1)C1CC1. The van der Waals surface area contributed by atoms with Crippen molar-refractivity contribution in [3.8, 4) is 11.1 Å². The molecule has 2 aromatic heterocycles. The predicted molar refractivity (Wildman–Crippen MR) is 168 cm³/mol. The smallest absolute Gasteiger partial charge is 0.255 e. The van der Waals surface area contributed by atoms with Crippen molar-refractivity contribution in [2.75, 3.05) is 37.7 Å². The normalized spacial score (nSPS) is 21.6. The molecule has 1 saturated heterocycles. The predicted octanol–water partition coefficient (Wildman–Crippen LogP) is 4.99. The number of carbonyl (C=O) groups excluding carboxylic acids is 2. The Balaban J connectivity index is 1.06. The highest BCUT2D eigenvalue weighted by Crippen LogP contribution is 2.46. The number of nitrogens with zero attached hydrogens (tertiary/aromatic N) is 5. The van der Waals surface area contributed by atoms with Gasteiger partial charge >= 0.3 is 0 Å². The maximum Gasteiger partial charge on any atom is 0.255 e. The van der Waals surface area contributed by atoms with Crippen LogP contribution >= 0.6 is 0 Å². The molecule has 1 aliphatic heterocycles. The second-order valence-electron chi connectivity index (χ2n) is 12.3. The van der Waals surface area contributed by atoms with Crippen molar-refractivity contribution in [2.45, 2.75) is 37.8 Å². The van der Waals surface area contributed by atoms with E-state index in [9.17, 15) is 9.59 Å². The second-order valence-corrected chi connectivity index (χ2v) is 12.3. The average molecular weight is 576 g/mol. The molecule has 220 valence electrons. The molecule has 3 fully saturated rings. The van der Waals surface area contributed by atoms with E-state index in [4.69, 9.17) is 5.73 Å². The van der Waals surface area contributed by atoms with Gasteiger partial charge in [0, 0.05) is 60.8 Å². The first kappa shape index (κ1) is 27.3. The molecule has 2 saturated carbocycles. The second kappa shape index (κ2) is 11.3. The summed E-state index contributed by atoms with van der Waals surface area (Å²) in [7, 11) is 2.13. The number of likely N-dealkylation sites (N-methyl/N-ethyl adjacent to an activating group) is 1. The van der Waals surface area contributed by atoms with Crippen LogP contribution in [-0.4, -0.2) is 68.9 Å². The summed E-state index contributed by atoms with van der Waals surface area (Å²) in [5, 5.41) is 3.77. The first-order chi connectivity index (χ1) is 20.9. The monoisotopic (exact) mass is 575 g/mol. The van der Waals surface area contributed by atoms with E-state index in [1.807, 2.05) is 65.6 Å². The Morgan fingerprint density at radius 2 is 1.74 bits per heavy atom. The van der Waals surface area contributed by atoms with Gasteiger partial charge in [-0.15, -0.1) is 0 Å². The number of nitrogen functional groups attached to an aromatic ring is 1. The van der Waals surface area contributed by atoms with Crippen LogP contribution in [-0.2, 0) is 4.79 Å².